The lowest BCUT2D eigenvalue weighted by Gasteiger charge is -2.15. The van der Waals surface area contributed by atoms with Crippen LogP contribution >= 0.6 is 11.3 Å². The van der Waals surface area contributed by atoms with E-state index in [0.29, 0.717) is 23.7 Å². The summed E-state index contributed by atoms with van der Waals surface area (Å²) in [6, 6.07) is 9.53. The van der Waals surface area contributed by atoms with Crippen molar-refractivity contribution in [3.8, 4) is 17.5 Å². The van der Waals surface area contributed by atoms with Gasteiger partial charge in [-0.05, 0) is 31.2 Å². The van der Waals surface area contributed by atoms with Gasteiger partial charge in [0.15, 0.2) is 5.13 Å². The molecule has 2 amide bonds. The number of amides is 2. The highest BCUT2D eigenvalue weighted by atomic mass is 32.1. The largest absolute Gasteiger partial charge is 0.481 e. The normalized spacial score (nSPS) is 11.4. The molecule has 1 aromatic carbocycles. The molecule has 12 heteroatoms. The van der Waals surface area contributed by atoms with Gasteiger partial charge in [-0.15, -0.1) is 11.3 Å². The average molecular weight is 501 g/mol. The Hall–Kier alpha value is -4.03. The van der Waals surface area contributed by atoms with E-state index in [1.54, 1.807) is 43.7 Å². The second kappa shape index (κ2) is 11.9. The van der Waals surface area contributed by atoms with Crippen LogP contribution < -0.4 is 20.1 Å². The Kier molecular flexibility index (Phi) is 8.70. The van der Waals surface area contributed by atoms with Gasteiger partial charge in [0.2, 0.25) is 17.7 Å². The number of carboxylic acid groups (broad SMARTS) is 1. The van der Waals surface area contributed by atoms with Crippen molar-refractivity contribution in [3.05, 3.63) is 53.0 Å². The zero-order valence-electron chi connectivity index (χ0n) is 19.2. The number of thiazole rings is 1. The fourth-order valence-corrected chi connectivity index (χ4v) is 3.60. The number of carbonyl (C=O) groups excluding carboxylic acids is 2. The molecule has 3 rings (SSSR count). The molecule has 0 aliphatic carbocycles. The van der Waals surface area contributed by atoms with Crippen molar-refractivity contribution in [2.24, 2.45) is 0 Å². The second-order valence-electron chi connectivity index (χ2n) is 7.39. The third-order valence-corrected chi connectivity index (χ3v) is 5.07. The van der Waals surface area contributed by atoms with E-state index in [1.165, 1.54) is 19.1 Å². The van der Waals surface area contributed by atoms with E-state index in [4.69, 9.17) is 19.3 Å². The number of benzene rings is 1. The van der Waals surface area contributed by atoms with E-state index in [0.717, 1.165) is 11.3 Å². The molecular formula is C23H24N4O7S. The molecule has 0 aliphatic heterocycles. The molecule has 0 fully saturated rings. The molecule has 11 nitrogen and oxygen atoms in total. The topological polar surface area (TPSA) is 149 Å². The van der Waals surface area contributed by atoms with Crippen LogP contribution in [0.5, 0.6) is 17.5 Å². The van der Waals surface area contributed by atoms with Gasteiger partial charge < -0.3 is 24.6 Å². The smallest absolute Gasteiger partial charge is 0.309 e. The van der Waals surface area contributed by atoms with E-state index >= 15 is 0 Å². The lowest BCUT2D eigenvalue weighted by atomic mass is 10.2. The Morgan fingerprint density at radius 2 is 1.80 bits per heavy atom. The predicted octanol–water partition coefficient (Wildman–Crippen LogP) is 3.58. The van der Waals surface area contributed by atoms with Gasteiger partial charge >= 0.3 is 5.97 Å². The van der Waals surface area contributed by atoms with Gasteiger partial charge in [-0.25, -0.2) is 4.98 Å². The van der Waals surface area contributed by atoms with Crippen molar-refractivity contribution >= 4 is 39.9 Å². The first-order chi connectivity index (χ1) is 16.7. The van der Waals surface area contributed by atoms with Crippen LogP contribution in [-0.2, 0) is 20.7 Å². The number of hydrogen-bond donors (Lipinski definition) is 3. The Labute approximate surface area is 205 Å². The summed E-state index contributed by atoms with van der Waals surface area (Å²) < 4.78 is 16.7. The van der Waals surface area contributed by atoms with Gasteiger partial charge in [-0.1, -0.05) is 0 Å². The Balaban J connectivity index is 1.82. The second-order valence-corrected chi connectivity index (χ2v) is 8.25. The summed E-state index contributed by atoms with van der Waals surface area (Å²) in [5, 5.41) is 16.0. The monoisotopic (exact) mass is 500 g/mol. The van der Waals surface area contributed by atoms with Crippen LogP contribution in [0.2, 0.25) is 0 Å². The highest BCUT2D eigenvalue weighted by molar-refractivity contribution is 7.14. The molecule has 2 heterocycles. The van der Waals surface area contributed by atoms with Crippen LogP contribution in [0.1, 0.15) is 29.9 Å². The number of nitrogens with zero attached hydrogens (tertiary/aromatic N) is 2. The van der Waals surface area contributed by atoms with Crippen LogP contribution in [0.3, 0.4) is 0 Å². The number of carboxylic acids is 1. The quantitative estimate of drug-likeness (QED) is 0.359. The molecule has 0 unspecified atom stereocenters. The maximum absolute atomic E-state index is 12.9. The summed E-state index contributed by atoms with van der Waals surface area (Å²) in [4.78, 5) is 43.4. The summed E-state index contributed by atoms with van der Waals surface area (Å²) in [5.74, 6) is -1.02. The third-order valence-electron chi connectivity index (χ3n) is 4.27. The van der Waals surface area contributed by atoms with Crippen LogP contribution in [0.15, 0.2) is 41.8 Å². The molecule has 3 N–H and O–H groups in total. The molecule has 0 saturated carbocycles. The van der Waals surface area contributed by atoms with Gasteiger partial charge in [-0.2, -0.15) is 4.98 Å². The van der Waals surface area contributed by atoms with E-state index in [1.807, 2.05) is 0 Å². The Bertz CT molecular complexity index is 1200. The number of methoxy groups -OCH3 is 1. The van der Waals surface area contributed by atoms with Gasteiger partial charge in [0.05, 0.1) is 24.3 Å². The fourth-order valence-electron chi connectivity index (χ4n) is 2.90. The summed E-state index contributed by atoms with van der Waals surface area (Å²) in [6.07, 6.45) is -0.580. The van der Waals surface area contributed by atoms with E-state index < -0.39 is 11.9 Å². The first-order valence-corrected chi connectivity index (χ1v) is 11.3. The fraction of sp³-hybridized carbons (Fsp3) is 0.261. The maximum atomic E-state index is 12.9. The van der Waals surface area contributed by atoms with Crippen LogP contribution in [0, 0.1) is 0 Å². The summed E-state index contributed by atoms with van der Waals surface area (Å²) in [7, 11) is 1.54. The number of hydrogen-bond acceptors (Lipinski definition) is 9. The number of rotatable bonds is 11. The van der Waals surface area contributed by atoms with E-state index in [2.05, 4.69) is 20.6 Å². The maximum Gasteiger partial charge on any atom is 0.309 e. The van der Waals surface area contributed by atoms with Crippen molar-refractivity contribution < 1.29 is 33.7 Å². The summed E-state index contributed by atoms with van der Waals surface area (Å²) in [6.45, 7) is 3.51. The minimum atomic E-state index is -1.01. The lowest BCUT2D eigenvalue weighted by Crippen LogP contribution is -2.19. The zero-order chi connectivity index (χ0) is 25.4. The van der Waals surface area contributed by atoms with Crippen molar-refractivity contribution in [2.45, 2.75) is 26.4 Å². The molecule has 35 heavy (non-hydrogen) atoms. The number of aromatic nitrogens is 2. The highest BCUT2D eigenvalue weighted by Crippen LogP contribution is 2.26. The molecule has 0 bridgehead atoms. The minimum absolute atomic E-state index is 0.107. The zero-order valence-corrected chi connectivity index (χ0v) is 20.0. The molecule has 3 aromatic rings. The van der Waals surface area contributed by atoms with Gasteiger partial charge in [-0.3, -0.25) is 19.7 Å². The molecule has 0 spiro atoms. The highest BCUT2D eigenvalue weighted by Gasteiger charge is 2.16. The number of carbonyl (C=O) groups is 3. The standard InChI is InChI=1S/C23H24N4O7S/c1-13(11-32-3)33-19-8-15(22(31)27-23-25-17(12-35-23)10-21(29)30)9-20(26-19)34-18-6-4-16(5-7-18)24-14(2)28/h4-9,12-13H,10-11H2,1-3H3,(H,24,28)(H,29,30)(H,25,27,31)/t13-/m1/s1. The molecule has 2 aromatic heterocycles. The van der Waals surface area contributed by atoms with Gasteiger partial charge in [0.1, 0.15) is 11.9 Å². The molecule has 0 saturated heterocycles. The van der Waals surface area contributed by atoms with Crippen LogP contribution in [-0.4, -0.2) is 52.7 Å². The SMILES string of the molecule is COC[C@@H](C)Oc1cc(C(=O)Nc2nc(CC(=O)O)cs2)cc(Oc2ccc(NC(C)=O)cc2)n1. The molecule has 0 radical (unpaired) electrons. The molecular weight excluding hydrogens is 476 g/mol. The first kappa shape index (κ1) is 25.6. The molecule has 1 atom stereocenters. The Morgan fingerprint density at radius 3 is 2.46 bits per heavy atom. The number of ether oxygens (including phenoxy) is 3. The van der Waals surface area contributed by atoms with Crippen LogP contribution in [0.4, 0.5) is 10.8 Å². The lowest BCUT2D eigenvalue weighted by molar-refractivity contribution is -0.136. The third kappa shape index (κ3) is 8.05. The van der Waals surface area contributed by atoms with Gasteiger partial charge in [0.25, 0.3) is 5.91 Å². The molecule has 184 valence electrons. The molecule has 0 aliphatic rings. The van der Waals surface area contributed by atoms with E-state index in [9.17, 15) is 14.4 Å². The minimum Gasteiger partial charge on any atom is -0.481 e. The van der Waals surface area contributed by atoms with Crippen LogP contribution in [0.25, 0.3) is 0 Å². The first-order valence-electron chi connectivity index (χ1n) is 10.4. The average Bonchev–Trinajstić information content (AvgIpc) is 3.20. The number of nitrogens with one attached hydrogen (secondary N) is 2. The summed E-state index contributed by atoms with van der Waals surface area (Å²) in [5.41, 5.74) is 1.14. The number of anilines is 2. The predicted molar refractivity (Wildman–Crippen MR) is 128 cm³/mol. The number of aliphatic carboxylic acids is 1. The number of pyridine rings is 1. The van der Waals surface area contributed by atoms with Crippen molar-refractivity contribution in [1.82, 2.24) is 9.97 Å². The summed E-state index contributed by atoms with van der Waals surface area (Å²) >= 11 is 1.12. The van der Waals surface area contributed by atoms with Crippen molar-refractivity contribution in [3.63, 3.8) is 0 Å². The van der Waals surface area contributed by atoms with Crippen molar-refractivity contribution in [2.75, 3.05) is 24.4 Å². The Morgan fingerprint density at radius 1 is 1.09 bits per heavy atom. The van der Waals surface area contributed by atoms with E-state index in [-0.39, 0.29) is 40.9 Å². The van der Waals surface area contributed by atoms with Gasteiger partial charge in [0, 0.05) is 37.2 Å². The van der Waals surface area contributed by atoms with Crippen molar-refractivity contribution in [1.29, 1.82) is 0 Å².